The summed E-state index contributed by atoms with van der Waals surface area (Å²) in [4.78, 5) is 17.8. The molecule has 3 heterocycles. The molecular weight excluding hydrogens is 408 g/mol. The third-order valence-corrected chi connectivity index (χ3v) is 6.38. The van der Waals surface area contributed by atoms with Crippen molar-refractivity contribution in [1.29, 1.82) is 0 Å². The fourth-order valence-corrected chi connectivity index (χ4v) is 4.53. The molecule has 4 aromatic rings. The maximum absolute atomic E-state index is 13.0. The van der Waals surface area contributed by atoms with Crippen LogP contribution in [0, 0.1) is 27.7 Å². The lowest BCUT2D eigenvalue weighted by atomic mass is 10.1. The molecule has 0 unspecified atom stereocenters. The number of imidazole rings is 1. The highest BCUT2D eigenvalue weighted by Crippen LogP contribution is 2.33. The standard InChI is InChI=1S/C23H26N6OS/c1-13-12-14(2)26-29-21(13)20(18-10-8-7-9-11-18)25-23(29)31-17(5)22(30)24-19-15(3)27-28(6)16(19)4/h7-12,17H,1-6H3,(H,24,30)/t17-/m1/s1. The monoisotopic (exact) mass is 434 g/mol. The van der Waals surface area contributed by atoms with Gasteiger partial charge in [0.1, 0.15) is 0 Å². The first-order valence-corrected chi connectivity index (χ1v) is 11.0. The molecule has 160 valence electrons. The lowest BCUT2D eigenvalue weighted by Gasteiger charge is -2.11. The zero-order valence-corrected chi connectivity index (χ0v) is 19.4. The number of nitrogens with zero attached hydrogens (tertiary/aromatic N) is 5. The van der Waals surface area contributed by atoms with Crippen LogP contribution in [0.3, 0.4) is 0 Å². The van der Waals surface area contributed by atoms with Crippen molar-refractivity contribution >= 4 is 28.9 Å². The lowest BCUT2D eigenvalue weighted by Crippen LogP contribution is -2.23. The average molecular weight is 435 g/mol. The molecule has 1 N–H and O–H groups in total. The summed E-state index contributed by atoms with van der Waals surface area (Å²) in [5, 5.41) is 12.4. The Morgan fingerprint density at radius 2 is 1.81 bits per heavy atom. The molecule has 4 rings (SSSR count). The van der Waals surface area contributed by atoms with E-state index in [1.807, 2.05) is 69.6 Å². The highest BCUT2D eigenvalue weighted by Gasteiger charge is 2.23. The number of aromatic nitrogens is 5. The zero-order chi connectivity index (χ0) is 22.3. The number of benzene rings is 1. The number of fused-ring (bicyclic) bond motifs is 1. The average Bonchev–Trinajstić information content (AvgIpc) is 3.20. The summed E-state index contributed by atoms with van der Waals surface area (Å²) in [6.45, 7) is 9.75. The molecule has 1 aromatic carbocycles. The van der Waals surface area contributed by atoms with E-state index in [-0.39, 0.29) is 11.2 Å². The van der Waals surface area contributed by atoms with E-state index in [0.29, 0.717) is 5.16 Å². The number of carbonyl (C=O) groups is 1. The minimum Gasteiger partial charge on any atom is -0.322 e. The number of amides is 1. The van der Waals surface area contributed by atoms with E-state index in [9.17, 15) is 4.79 Å². The number of rotatable bonds is 5. The number of hydrogen-bond acceptors (Lipinski definition) is 5. The highest BCUT2D eigenvalue weighted by atomic mass is 32.2. The zero-order valence-electron chi connectivity index (χ0n) is 18.6. The molecule has 0 spiro atoms. The summed E-state index contributed by atoms with van der Waals surface area (Å²) in [6, 6.07) is 12.1. The van der Waals surface area contributed by atoms with Gasteiger partial charge < -0.3 is 5.32 Å². The van der Waals surface area contributed by atoms with Crippen LogP contribution in [0.4, 0.5) is 5.69 Å². The van der Waals surface area contributed by atoms with E-state index in [2.05, 4.69) is 23.4 Å². The fourth-order valence-electron chi connectivity index (χ4n) is 3.67. The molecule has 1 amide bonds. The summed E-state index contributed by atoms with van der Waals surface area (Å²) in [7, 11) is 1.87. The van der Waals surface area contributed by atoms with Crippen LogP contribution >= 0.6 is 11.8 Å². The van der Waals surface area contributed by atoms with Crippen molar-refractivity contribution in [1.82, 2.24) is 24.4 Å². The Morgan fingerprint density at radius 1 is 1.10 bits per heavy atom. The van der Waals surface area contributed by atoms with Gasteiger partial charge in [-0.15, -0.1) is 0 Å². The number of carbonyl (C=O) groups excluding carboxylic acids is 1. The first-order valence-electron chi connectivity index (χ1n) is 10.2. The van der Waals surface area contributed by atoms with E-state index in [1.165, 1.54) is 11.8 Å². The Balaban J connectivity index is 1.69. The maximum atomic E-state index is 13.0. The molecule has 31 heavy (non-hydrogen) atoms. The molecule has 7 nitrogen and oxygen atoms in total. The van der Waals surface area contributed by atoms with E-state index in [4.69, 9.17) is 10.1 Å². The van der Waals surface area contributed by atoms with Crippen molar-refractivity contribution in [2.24, 2.45) is 7.05 Å². The van der Waals surface area contributed by atoms with Gasteiger partial charge in [-0.2, -0.15) is 10.2 Å². The molecule has 0 bridgehead atoms. The minimum atomic E-state index is -0.365. The van der Waals surface area contributed by atoms with Gasteiger partial charge in [-0.1, -0.05) is 42.1 Å². The molecule has 1 atom stereocenters. The topological polar surface area (TPSA) is 77.1 Å². The smallest absolute Gasteiger partial charge is 0.237 e. The van der Waals surface area contributed by atoms with Gasteiger partial charge in [-0.3, -0.25) is 9.48 Å². The largest absolute Gasteiger partial charge is 0.322 e. The molecule has 3 aromatic heterocycles. The van der Waals surface area contributed by atoms with Gasteiger partial charge in [0.05, 0.1) is 39.2 Å². The quantitative estimate of drug-likeness (QED) is 0.469. The van der Waals surface area contributed by atoms with Crippen molar-refractivity contribution in [3.05, 3.63) is 59.0 Å². The van der Waals surface area contributed by atoms with Gasteiger partial charge in [0.2, 0.25) is 5.91 Å². The Labute approximate surface area is 185 Å². The van der Waals surface area contributed by atoms with Crippen LogP contribution in [0.25, 0.3) is 16.8 Å². The first kappa shape index (κ1) is 21.1. The van der Waals surface area contributed by atoms with Crippen LogP contribution in [0.15, 0.2) is 41.6 Å². The van der Waals surface area contributed by atoms with Crippen molar-refractivity contribution in [3.63, 3.8) is 0 Å². The predicted molar refractivity (Wildman–Crippen MR) is 125 cm³/mol. The van der Waals surface area contributed by atoms with Crippen LogP contribution < -0.4 is 5.32 Å². The van der Waals surface area contributed by atoms with Gasteiger partial charge in [-0.25, -0.2) is 9.50 Å². The number of hydrogen-bond donors (Lipinski definition) is 1. The Bertz CT molecular complexity index is 1270. The van der Waals surface area contributed by atoms with Gasteiger partial charge >= 0.3 is 0 Å². The molecule has 0 aliphatic rings. The van der Waals surface area contributed by atoms with Gasteiger partial charge in [0, 0.05) is 12.6 Å². The van der Waals surface area contributed by atoms with Crippen molar-refractivity contribution in [2.45, 2.75) is 45.0 Å². The summed E-state index contributed by atoms with van der Waals surface area (Å²) in [5.74, 6) is -0.0911. The molecule has 0 saturated heterocycles. The SMILES string of the molecule is Cc1cc(C)c2c(-c3ccccc3)nc(S[C@H](C)C(=O)Nc3c(C)nn(C)c3C)n2n1. The molecule has 0 aliphatic carbocycles. The van der Waals surface area contributed by atoms with Crippen LogP contribution in [0.5, 0.6) is 0 Å². The summed E-state index contributed by atoms with van der Waals surface area (Å²) in [5.41, 5.74) is 7.37. The van der Waals surface area contributed by atoms with Crippen molar-refractivity contribution in [2.75, 3.05) is 5.32 Å². The van der Waals surface area contributed by atoms with Gasteiger partial charge in [0.25, 0.3) is 0 Å². The normalized spacial score (nSPS) is 12.3. The molecule has 0 fully saturated rings. The molecule has 0 aliphatic heterocycles. The summed E-state index contributed by atoms with van der Waals surface area (Å²) < 4.78 is 3.63. The third-order valence-electron chi connectivity index (χ3n) is 5.34. The van der Waals surface area contributed by atoms with Crippen LogP contribution in [0.1, 0.15) is 29.6 Å². The van der Waals surface area contributed by atoms with Gasteiger partial charge in [0.15, 0.2) is 5.16 Å². The highest BCUT2D eigenvalue weighted by molar-refractivity contribution is 8.00. The van der Waals surface area contributed by atoms with E-state index >= 15 is 0 Å². The van der Waals surface area contributed by atoms with E-state index in [1.54, 1.807) is 4.68 Å². The van der Waals surface area contributed by atoms with Crippen molar-refractivity contribution < 1.29 is 4.79 Å². The maximum Gasteiger partial charge on any atom is 0.237 e. The number of nitrogens with one attached hydrogen (secondary N) is 1. The molecule has 0 saturated carbocycles. The third kappa shape index (κ3) is 3.95. The molecule has 0 radical (unpaired) electrons. The molecule has 8 heteroatoms. The second-order valence-electron chi connectivity index (χ2n) is 7.76. The summed E-state index contributed by atoms with van der Waals surface area (Å²) >= 11 is 1.40. The second kappa shape index (κ2) is 8.19. The number of anilines is 1. The fraction of sp³-hybridized carbons (Fsp3) is 0.304. The first-order chi connectivity index (χ1) is 14.8. The molecular formula is C23H26N6OS. The number of aryl methyl sites for hydroxylation is 4. The van der Waals surface area contributed by atoms with E-state index in [0.717, 1.165) is 45.1 Å². The van der Waals surface area contributed by atoms with Crippen LogP contribution in [0.2, 0.25) is 0 Å². The number of thioether (sulfide) groups is 1. The van der Waals surface area contributed by atoms with Crippen molar-refractivity contribution in [3.8, 4) is 11.3 Å². The second-order valence-corrected chi connectivity index (χ2v) is 9.06. The minimum absolute atomic E-state index is 0.0911. The van der Waals surface area contributed by atoms with Gasteiger partial charge in [-0.05, 0) is 46.2 Å². The van der Waals surface area contributed by atoms with E-state index < -0.39 is 0 Å². The summed E-state index contributed by atoms with van der Waals surface area (Å²) in [6.07, 6.45) is 0. The lowest BCUT2D eigenvalue weighted by molar-refractivity contribution is -0.115. The Morgan fingerprint density at radius 3 is 2.45 bits per heavy atom. The van der Waals surface area contributed by atoms with Crippen LogP contribution in [-0.2, 0) is 11.8 Å². The Hall–Kier alpha value is -3.13. The van der Waals surface area contributed by atoms with Crippen LogP contribution in [-0.4, -0.2) is 35.5 Å². The predicted octanol–water partition coefficient (Wildman–Crippen LogP) is 4.48. The Kier molecular flexibility index (Phi) is 5.58.